The van der Waals surface area contributed by atoms with Crippen LogP contribution in [0, 0.1) is 5.92 Å². The number of nitrogens with zero attached hydrogens (tertiary/aromatic N) is 3. The van der Waals surface area contributed by atoms with Crippen LogP contribution in [0.5, 0.6) is 0 Å². The highest BCUT2D eigenvalue weighted by Crippen LogP contribution is 2.37. The van der Waals surface area contributed by atoms with Gasteiger partial charge in [-0.2, -0.15) is 0 Å². The van der Waals surface area contributed by atoms with Crippen molar-refractivity contribution in [1.29, 1.82) is 0 Å². The van der Waals surface area contributed by atoms with Gasteiger partial charge in [-0.05, 0) is 30.2 Å². The molecule has 2 aromatic carbocycles. The smallest absolute Gasteiger partial charge is 0.262 e. The minimum Gasteiger partial charge on any atom is -0.446 e. The molecule has 4 aromatic rings. The molecular weight excluding hydrogens is 426 g/mol. The fourth-order valence-electron chi connectivity index (χ4n) is 3.71. The second-order valence-corrected chi connectivity index (χ2v) is 8.76. The molecule has 7 nitrogen and oxygen atoms in total. The van der Waals surface area contributed by atoms with Crippen LogP contribution in [-0.2, 0) is 0 Å². The van der Waals surface area contributed by atoms with Crippen LogP contribution < -0.4 is 0 Å². The van der Waals surface area contributed by atoms with Crippen molar-refractivity contribution in [3.8, 4) is 11.6 Å². The van der Waals surface area contributed by atoms with E-state index in [0.29, 0.717) is 27.8 Å². The molecule has 5 rings (SSSR count). The normalized spacial score (nSPS) is 14.3. The summed E-state index contributed by atoms with van der Waals surface area (Å²) in [4.78, 5) is 37.0. The van der Waals surface area contributed by atoms with E-state index in [1.54, 1.807) is 30.5 Å². The summed E-state index contributed by atoms with van der Waals surface area (Å²) in [5.74, 6) is -0.232. The predicted molar refractivity (Wildman–Crippen MR) is 117 cm³/mol. The second kappa shape index (κ2) is 8.12. The first-order valence-corrected chi connectivity index (χ1v) is 11.0. The van der Waals surface area contributed by atoms with E-state index in [1.165, 1.54) is 22.9 Å². The highest BCUT2D eigenvalue weighted by Gasteiger charge is 2.43. The van der Waals surface area contributed by atoms with Crippen LogP contribution in [-0.4, -0.2) is 26.7 Å². The number of hydrogen-bond donors (Lipinski definition) is 0. The molecule has 2 aromatic heterocycles. The van der Waals surface area contributed by atoms with Crippen LogP contribution in [0.1, 0.15) is 46.5 Å². The Balaban J connectivity index is 1.42. The molecule has 8 heteroatoms. The van der Waals surface area contributed by atoms with Gasteiger partial charge in [0.25, 0.3) is 11.8 Å². The zero-order valence-corrected chi connectivity index (χ0v) is 18.2. The van der Waals surface area contributed by atoms with Gasteiger partial charge in [0.05, 0.1) is 17.3 Å². The summed E-state index contributed by atoms with van der Waals surface area (Å²) in [6.07, 6.45) is 3.07. The third-order valence-electron chi connectivity index (χ3n) is 5.18. The molecule has 0 bridgehead atoms. The van der Waals surface area contributed by atoms with E-state index in [1.807, 2.05) is 44.2 Å². The third kappa shape index (κ3) is 3.52. The molecule has 0 fully saturated rings. The van der Waals surface area contributed by atoms with Crippen LogP contribution in [0.4, 0.5) is 0 Å². The molecule has 2 amide bonds. The lowest BCUT2D eigenvalue weighted by Gasteiger charge is -2.26. The number of hydrogen-bond acceptors (Lipinski definition) is 7. The van der Waals surface area contributed by atoms with E-state index in [0.717, 1.165) is 4.90 Å². The maximum Gasteiger partial charge on any atom is 0.262 e. The molecule has 0 aliphatic carbocycles. The number of benzene rings is 2. The average Bonchev–Trinajstić information content (AvgIpc) is 3.51. The van der Waals surface area contributed by atoms with Crippen LogP contribution in [0.3, 0.4) is 0 Å². The molecule has 1 aliphatic heterocycles. The van der Waals surface area contributed by atoms with Gasteiger partial charge in [-0.25, -0.2) is 9.97 Å². The number of imide groups is 1. The molecule has 0 N–H and O–H groups in total. The van der Waals surface area contributed by atoms with Crippen LogP contribution >= 0.6 is 11.8 Å². The van der Waals surface area contributed by atoms with Crippen molar-refractivity contribution < 1.29 is 18.4 Å². The topological polar surface area (TPSA) is 89.4 Å². The van der Waals surface area contributed by atoms with Gasteiger partial charge in [0.2, 0.25) is 11.8 Å². The van der Waals surface area contributed by atoms with Crippen molar-refractivity contribution in [1.82, 2.24) is 14.9 Å². The van der Waals surface area contributed by atoms with Gasteiger partial charge in [0.1, 0.15) is 12.3 Å². The zero-order valence-electron chi connectivity index (χ0n) is 17.4. The number of carbonyl (C=O) groups is 2. The number of aromatic nitrogens is 2. The van der Waals surface area contributed by atoms with Gasteiger partial charge in [0, 0.05) is 4.90 Å². The maximum absolute atomic E-state index is 13.0. The first-order chi connectivity index (χ1) is 15.5. The summed E-state index contributed by atoms with van der Waals surface area (Å²) in [6.45, 7) is 3.83. The summed E-state index contributed by atoms with van der Waals surface area (Å²) in [5.41, 5.74) is 1.19. The molecule has 32 heavy (non-hydrogen) atoms. The Hall–Kier alpha value is -3.65. The minimum absolute atomic E-state index is 0.113. The van der Waals surface area contributed by atoms with Crippen LogP contribution in [0.15, 0.2) is 85.9 Å². The van der Waals surface area contributed by atoms with Crippen molar-refractivity contribution in [2.24, 2.45) is 5.92 Å². The molecule has 0 unspecified atom stereocenters. The second-order valence-electron chi connectivity index (χ2n) is 7.69. The summed E-state index contributed by atoms with van der Waals surface area (Å²) < 4.78 is 11.5. The van der Waals surface area contributed by atoms with Gasteiger partial charge in [-0.1, -0.05) is 55.9 Å². The fourth-order valence-corrected chi connectivity index (χ4v) is 4.46. The van der Waals surface area contributed by atoms with Crippen LogP contribution in [0.2, 0.25) is 0 Å². The molecule has 0 spiro atoms. The molecule has 3 heterocycles. The molecule has 160 valence electrons. The van der Waals surface area contributed by atoms with E-state index in [4.69, 9.17) is 8.83 Å². The zero-order chi connectivity index (χ0) is 22.2. The molecule has 0 saturated carbocycles. The van der Waals surface area contributed by atoms with Crippen molar-refractivity contribution in [3.05, 3.63) is 84.1 Å². The Bertz CT molecular complexity index is 1260. The van der Waals surface area contributed by atoms with Crippen molar-refractivity contribution in [2.45, 2.75) is 29.9 Å². The number of amides is 2. The maximum atomic E-state index is 13.0. The fraction of sp³-hybridized carbons (Fsp3) is 0.167. The van der Waals surface area contributed by atoms with E-state index in [9.17, 15) is 9.59 Å². The third-order valence-corrected chi connectivity index (χ3v) is 6.07. The van der Waals surface area contributed by atoms with Crippen molar-refractivity contribution in [2.75, 3.05) is 0 Å². The van der Waals surface area contributed by atoms with Gasteiger partial charge >= 0.3 is 0 Å². The van der Waals surface area contributed by atoms with Gasteiger partial charge in [-0.15, -0.1) is 0 Å². The van der Waals surface area contributed by atoms with Crippen molar-refractivity contribution >= 4 is 23.6 Å². The highest BCUT2D eigenvalue weighted by atomic mass is 32.2. The molecular formula is C24H19N3O4S. The number of carbonyl (C=O) groups excluding carboxylic acids is 2. The Morgan fingerprint density at radius 2 is 1.59 bits per heavy atom. The number of rotatable bonds is 6. The van der Waals surface area contributed by atoms with Gasteiger partial charge < -0.3 is 8.83 Å². The summed E-state index contributed by atoms with van der Waals surface area (Å²) in [5, 5.41) is 0.622. The summed E-state index contributed by atoms with van der Waals surface area (Å²) >= 11 is 1.45. The predicted octanol–water partition coefficient (Wildman–Crippen LogP) is 5.47. The molecule has 0 radical (unpaired) electrons. The first kappa shape index (κ1) is 20.3. The monoisotopic (exact) mass is 445 g/mol. The number of fused-ring (bicyclic) bond motifs is 1. The van der Waals surface area contributed by atoms with E-state index >= 15 is 0 Å². The molecule has 1 atom stereocenters. The largest absolute Gasteiger partial charge is 0.446 e. The van der Waals surface area contributed by atoms with Crippen molar-refractivity contribution in [3.63, 3.8) is 0 Å². The Morgan fingerprint density at radius 1 is 0.938 bits per heavy atom. The first-order valence-electron chi connectivity index (χ1n) is 10.1. The highest BCUT2D eigenvalue weighted by molar-refractivity contribution is 7.99. The molecule has 0 saturated heterocycles. The standard InChI is InChI=1S/C24H19N3O4S/c1-14(2)20(27-23(28)16-10-6-7-11-17(16)24(27)29)22-26-18(13-30-22)21-25-12-19(31-21)32-15-8-4-3-5-9-15/h3-14,20H,1-2H3/t20-/m0/s1. The minimum atomic E-state index is -0.649. The van der Waals surface area contributed by atoms with E-state index in [-0.39, 0.29) is 23.6 Å². The van der Waals surface area contributed by atoms with Gasteiger partial charge in [-0.3, -0.25) is 14.5 Å². The summed E-state index contributed by atoms with van der Waals surface area (Å²) in [7, 11) is 0. The average molecular weight is 446 g/mol. The van der Waals surface area contributed by atoms with E-state index in [2.05, 4.69) is 9.97 Å². The Morgan fingerprint density at radius 3 is 2.25 bits per heavy atom. The lowest BCUT2D eigenvalue weighted by molar-refractivity contribution is 0.0505. The number of oxazole rings is 2. The quantitative estimate of drug-likeness (QED) is 0.363. The lowest BCUT2D eigenvalue weighted by atomic mass is 10.0. The summed E-state index contributed by atoms with van der Waals surface area (Å²) in [6, 6.07) is 16.0. The van der Waals surface area contributed by atoms with Gasteiger partial charge in [0.15, 0.2) is 10.8 Å². The molecule has 1 aliphatic rings. The Labute approximate surface area is 188 Å². The SMILES string of the molecule is CC(C)[C@@H](c1nc(-c2ncc(Sc3ccccc3)o2)co1)N1C(=O)c2ccccc2C1=O. The Kier molecular flexibility index (Phi) is 5.14. The lowest BCUT2D eigenvalue weighted by Crippen LogP contribution is -2.37. The van der Waals surface area contributed by atoms with Crippen LogP contribution in [0.25, 0.3) is 11.6 Å². The van der Waals surface area contributed by atoms with E-state index < -0.39 is 6.04 Å².